The Morgan fingerprint density at radius 1 is 1.09 bits per heavy atom. The maximum absolute atomic E-state index is 12.1. The van der Waals surface area contributed by atoms with Gasteiger partial charge >= 0.3 is 6.03 Å². The zero-order valence-corrected chi connectivity index (χ0v) is 12.8. The van der Waals surface area contributed by atoms with E-state index in [9.17, 15) is 9.59 Å². The minimum Gasteiger partial charge on any atom is -0.336 e. The van der Waals surface area contributed by atoms with Crippen molar-refractivity contribution >= 4 is 11.9 Å². The van der Waals surface area contributed by atoms with Crippen LogP contribution >= 0.6 is 0 Å². The van der Waals surface area contributed by atoms with E-state index in [1.165, 1.54) is 12.8 Å². The number of urea groups is 1. The van der Waals surface area contributed by atoms with Gasteiger partial charge in [0.2, 0.25) is 5.91 Å². The fraction of sp³-hybridized carbons (Fsp3) is 0.529. The second kappa shape index (κ2) is 6.81. The molecule has 5 nitrogen and oxygen atoms in total. The number of benzene rings is 1. The third-order valence-corrected chi connectivity index (χ3v) is 4.46. The molecule has 2 N–H and O–H groups in total. The molecule has 1 aromatic rings. The van der Waals surface area contributed by atoms with Gasteiger partial charge < -0.3 is 15.5 Å². The Balaban J connectivity index is 1.47. The summed E-state index contributed by atoms with van der Waals surface area (Å²) in [5.74, 6) is 0.106. The van der Waals surface area contributed by atoms with Gasteiger partial charge in [0.15, 0.2) is 0 Å². The first kappa shape index (κ1) is 14.9. The topological polar surface area (TPSA) is 61.4 Å². The minimum atomic E-state index is -0.133. The first-order chi connectivity index (χ1) is 10.7. The summed E-state index contributed by atoms with van der Waals surface area (Å²) < 4.78 is 0. The van der Waals surface area contributed by atoms with E-state index in [4.69, 9.17) is 0 Å². The summed E-state index contributed by atoms with van der Waals surface area (Å²) in [4.78, 5) is 25.9. The molecule has 3 amide bonds. The molecule has 1 aliphatic heterocycles. The first-order valence-corrected chi connectivity index (χ1v) is 8.09. The van der Waals surface area contributed by atoms with Crippen LogP contribution in [0.5, 0.6) is 0 Å². The fourth-order valence-corrected chi connectivity index (χ4v) is 3.31. The van der Waals surface area contributed by atoms with E-state index in [2.05, 4.69) is 10.6 Å². The number of hydrogen-bond donors (Lipinski definition) is 2. The molecule has 0 radical (unpaired) electrons. The zero-order chi connectivity index (χ0) is 15.4. The Labute approximate surface area is 131 Å². The Morgan fingerprint density at radius 3 is 2.50 bits per heavy atom. The van der Waals surface area contributed by atoms with Crippen LogP contribution in [0.3, 0.4) is 0 Å². The molecule has 1 saturated heterocycles. The van der Waals surface area contributed by atoms with E-state index in [0.29, 0.717) is 25.6 Å². The first-order valence-electron chi connectivity index (χ1n) is 8.09. The van der Waals surface area contributed by atoms with Crippen molar-refractivity contribution in [3.8, 4) is 0 Å². The smallest absolute Gasteiger partial charge is 0.315 e. The molecule has 1 aliphatic carbocycles. The van der Waals surface area contributed by atoms with Gasteiger partial charge in [-0.15, -0.1) is 0 Å². The van der Waals surface area contributed by atoms with Gasteiger partial charge in [-0.25, -0.2) is 4.79 Å². The van der Waals surface area contributed by atoms with Crippen LogP contribution in [0.4, 0.5) is 4.79 Å². The lowest BCUT2D eigenvalue weighted by atomic mass is 10.2. The van der Waals surface area contributed by atoms with Crippen molar-refractivity contribution in [2.75, 3.05) is 6.54 Å². The largest absolute Gasteiger partial charge is 0.336 e. The number of amides is 3. The lowest BCUT2D eigenvalue weighted by Crippen LogP contribution is -2.46. The molecule has 0 bridgehead atoms. The van der Waals surface area contributed by atoms with Gasteiger partial charge in [-0.3, -0.25) is 4.79 Å². The van der Waals surface area contributed by atoms with E-state index in [0.717, 1.165) is 18.4 Å². The van der Waals surface area contributed by atoms with Crippen molar-refractivity contribution in [3.63, 3.8) is 0 Å². The van der Waals surface area contributed by atoms with E-state index in [1.807, 2.05) is 35.2 Å². The molecule has 118 valence electrons. The molecule has 5 heteroatoms. The molecule has 3 rings (SSSR count). The Kier molecular flexibility index (Phi) is 4.61. The summed E-state index contributed by atoms with van der Waals surface area (Å²) in [5, 5.41) is 5.94. The monoisotopic (exact) mass is 301 g/mol. The Bertz CT molecular complexity index is 526. The maximum atomic E-state index is 12.1. The van der Waals surface area contributed by atoms with Crippen LogP contribution in [-0.2, 0) is 11.3 Å². The van der Waals surface area contributed by atoms with E-state index in [-0.39, 0.29) is 18.0 Å². The van der Waals surface area contributed by atoms with Gasteiger partial charge in [0, 0.05) is 25.6 Å². The van der Waals surface area contributed by atoms with Gasteiger partial charge in [-0.2, -0.15) is 0 Å². The number of nitrogens with one attached hydrogen (secondary N) is 2. The van der Waals surface area contributed by atoms with Crippen LogP contribution in [0.15, 0.2) is 30.3 Å². The molecule has 1 atom stereocenters. The third-order valence-electron chi connectivity index (χ3n) is 4.46. The number of rotatable bonds is 4. The van der Waals surface area contributed by atoms with Crippen LogP contribution in [0.2, 0.25) is 0 Å². The van der Waals surface area contributed by atoms with Crippen molar-refractivity contribution in [2.24, 2.45) is 0 Å². The van der Waals surface area contributed by atoms with E-state index >= 15 is 0 Å². The number of likely N-dealkylation sites (tertiary alicyclic amines) is 1. The van der Waals surface area contributed by atoms with Crippen LogP contribution in [0, 0.1) is 0 Å². The summed E-state index contributed by atoms with van der Waals surface area (Å²) in [6.45, 7) is 1.20. The van der Waals surface area contributed by atoms with Gasteiger partial charge in [0.1, 0.15) is 0 Å². The van der Waals surface area contributed by atoms with Gasteiger partial charge in [-0.1, -0.05) is 43.2 Å². The molecule has 1 saturated carbocycles. The van der Waals surface area contributed by atoms with Crippen LogP contribution < -0.4 is 10.6 Å². The Morgan fingerprint density at radius 2 is 1.77 bits per heavy atom. The predicted octanol–water partition coefficient (Wildman–Crippen LogP) is 2.03. The third kappa shape index (κ3) is 3.78. The highest BCUT2D eigenvalue weighted by atomic mass is 16.2. The van der Waals surface area contributed by atoms with Gasteiger partial charge in [-0.05, 0) is 18.4 Å². The summed E-state index contributed by atoms with van der Waals surface area (Å²) in [6.07, 6.45) is 4.91. The average Bonchev–Trinajstić information content (AvgIpc) is 3.11. The molecule has 1 aromatic carbocycles. The standard InChI is InChI=1S/C17H23N3O2/c21-16-10-15(19-17(22)18-14-8-4-5-9-14)12-20(16)11-13-6-2-1-3-7-13/h1-3,6-7,14-15H,4-5,8-12H2,(H2,18,19,22). The summed E-state index contributed by atoms with van der Waals surface area (Å²) in [5.41, 5.74) is 1.12. The van der Waals surface area contributed by atoms with E-state index < -0.39 is 0 Å². The molecule has 22 heavy (non-hydrogen) atoms. The van der Waals surface area contributed by atoms with E-state index in [1.54, 1.807) is 0 Å². The summed E-state index contributed by atoms with van der Waals surface area (Å²) in [6, 6.07) is 10.0. The highest BCUT2D eigenvalue weighted by Gasteiger charge is 2.31. The predicted molar refractivity (Wildman–Crippen MR) is 84.2 cm³/mol. The molecular weight excluding hydrogens is 278 g/mol. The van der Waals surface area contributed by atoms with Crippen molar-refractivity contribution in [1.29, 1.82) is 0 Å². The van der Waals surface area contributed by atoms with Crippen LogP contribution in [-0.4, -0.2) is 35.5 Å². The molecule has 1 unspecified atom stereocenters. The van der Waals surface area contributed by atoms with Crippen molar-refractivity contribution in [2.45, 2.75) is 50.7 Å². The molecular formula is C17H23N3O2. The fourth-order valence-electron chi connectivity index (χ4n) is 3.31. The SMILES string of the molecule is O=C(NC1CCCC1)NC1CC(=O)N(Cc2ccccc2)C1. The van der Waals surface area contributed by atoms with Crippen LogP contribution in [0.25, 0.3) is 0 Å². The zero-order valence-electron chi connectivity index (χ0n) is 12.8. The number of carbonyl (C=O) groups is 2. The second-order valence-electron chi connectivity index (χ2n) is 6.26. The lowest BCUT2D eigenvalue weighted by Gasteiger charge is -2.18. The van der Waals surface area contributed by atoms with Crippen molar-refractivity contribution < 1.29 is 9.59 Å². The molecule has 2 aliphatic rings. The average molecular weight is 301 g/mol. The normalized spacial score (nSPS) is 22.1. The van der Waals surface area contributed by atoms with Crippen molar-refractivity contribution in [3.05, 3.63) is 35.9 Å². The van der Waals surface area contributed by atoms with Crippen molar-refractivity contribution in [1.82, 2.24) is 15.5 Å². The quantitative estimate of drug-likeness (QED) is 0.894. The molecule has 1 heterocycles. The Hall–Kier alpha value is -2.04. The molecule has 2 fully saturated rings. The lowest BCUT2D eigenvalue weighted by molar-refractivity contribution is -0.128. The van der Waals surface area contributed by atoms with Gasteiger partial charge in [0.25, 0.3) is 0 Å². The number of nitrogens with zero attached hydrogens (tertiary/aromatic N) is 1. The molecule has 0 spiro atoms. The molecule has 0 aromatic heterocycles. The van der Waals surface area contributed by atoms with Gasteiger partial charge in [0.05, 0.1) is 6.04 Å². The highest BCUT2D eigenvalue weighted by Crippen LogP contribution is 2.18. The minimum absolute atomic E-state index is 0.0855. The second-order valence-corrected chi connectivity index (χ2v) is 6.26. The van der Waals surface area contributed by atoms with Crippen LogP contribution in [0.1, 0.15) is 37.7 Å². The number of hydrogen-bond acceptors (Lipinski definition) is 2. The summed E-state index contributed by atoms with van der Waals surface area (Å²) >= 11 is 0. The summed E-state index contributed by atoms with van der Waals surface area (Å²) in [7, 11) is 0. The maximum Gasteiger partial charge on any atom is 0.315 e. The highest BCUT2D eigenvalue weighted by molar-refractivity contribution is 5.81. The number of carbonyl (C=O) groups excluding carboxylic acids is 2.